The number of hydrogen-bond acceptors (Lipinski definition) is 5. The summed E-state index contributed by atoms with van der Waals surface area (Å²) in [5, 5.41) is 7.34. The predicted octanol–water partition coefficient (Wildman–Crippen LogP) is 14.4. The zero-order valence-electron chi connectivity index (χ0n) is 30.4. The zero-order valence-corrected chi connectivity index (χ0v) is 32.1. The number of thiophene rings is 2. The molecule has 4 heterocycles. The van der Waals surface area contributed by atoms with Crippen molar-refractivity contribution in [3.05, 3.63) is 182 Å². The van der Waals surface area contributed by atoms with Crippen molar-refractivity contribution in [2.75, 3.05) is 0 Å². The van der Waals surface area contributed by atoms with Crippen LogP contribution in [-0.2, 0) is 0 Å². The molecule has 12 aromatic rings. The molecule has 0 fully saturated rings. The van der Waals surface area contributed by atoms with Crippen LogP contribution in [0.15, 0.2) is 182 Å². The average molecular weight is 763 g/mol. The molecular formula is C51H30N4S2. The Morgan fingerprint density at radius 2 is 0.965 bits per heavy atom. The molecule has 0 radical (unpaired) electrons. The van der Waals surface area contributed by atoms with Crippen molar-refractivity contribution in [2.24, 2.45) is 0 Å². The van der Waals surface area contributed by atoms with Gasteiger partial charge in [0.15, 0.2) is 17.5 Å². The molecule has 0 saturated heterocycles. The van der Waals surface area contributed by atoms with Gasteiger partial charge in [-0.25, -0.2) is 15.0 Å². The van der Waals surface area contributed by atoms with E-state index in [-0.39, 0.29) is 0 Å². The lowest BCUT2D eigenvalue weighted by Crippen LogP contribution is -2.00. The van der Waals surface area contributed by atoms with E-state index in [0.29, 0.717) is 17.5 Å². The van der Waals surface area contributed by atoms with Gasteiger partial charge in [0.05, 0.1) is 11.0 Å². The normalized spacial score (nSPS) is 11.9. The molecule has 6 heteroatoms. The summed E-state index contributed by atoms with van der Waals surface area (Å²) in [6.07, 6.45) is 0. The number of aromatic nitrogens is 4. The summed E-state index contributed by atoms with van der Waals surface area (Å²) < 4.78 is 7.32. The zero-order chi connectivity index (χ0) is 37.5. The van der Waals surface area contributed by atoms with Crippen LogP contribution in [0.5, 0.6) is 0 Å². The first-order chi connectivity index (χ1) is 28.2. The number of para-hydroxylation sites is 1. The number of nitrogens with zero attached hydrogens (tertiary/aromatic N) is 4. The summed E-state index contributed by atoms with van der Waals surface area (Å²) in [7, 11) is 0. The number of fused-ring (bicyclic) bond motifs is 9. The Bertz CT molecular complexity index is 3530. The highest BCUT2D eigenvalue weighted by molar-refractivity contribution is 7.26. The lowest BCUT2D eigenvalue weighted by Gasteiger charge is -2.11. The maximum atomic E-state index is 5.27. The molecule has 0 atom stereocenters. The van der Waals surface area contributed by atoms with Gasteiger partial charge in [-0.2, -0.15) is 0 Å². The van der Waals surface area contributed by atoms with Gasteiger partial charge in [-0.1, -0.05) is 127 Å². The first-order valence-corrected chi connectivity index (χ1v) is 20.6. The monoisotopic (exact) mass is 762 g/mol. The van der Waals surface area contributed by atoms with Gasteiger partial charge in [0.2, 0.25) is 0 Å². The highest BCUT2D eigenvalue weighted by atomic mass is 32.1. The van der Waals surface area contributed by atoms with E-state index in [4.69, 9.17) is 15.0 Å². The Hall–Kier alpha value is -6.99. The number of rotatable bonds is 5. The first-order valence-electron chi connectivity index (χ1n) is 19.0. The van der Waals surface area contributed by atoms with Crippen molar-refractivity contribution >= 4 is 84.8 Å². The second kappa shape index (κ2) is 12.8. The maximum absolute atomic E-state index is 5.27. The van der Waals surface area contributed by atoms with Crippen LogP contribution >= 0.6 is 22.7 Å². The smallest absolute Gasteiger partial charge is 0.164 e. The minimum Gasteiger partial charge on any atom is -0.309 e. The van der Waals surface area contributed by atoms with E-state index in [2.05, 4.69) is 168 Å². The first kappa shape index (κ1) is 32.3. The molecule has 0 bridgehead atoms. The van der Waals surface area contributed by atoms with E-state index in [1.807, 2.05) is 29.5 Å². The average Bonchev–Trinajstić information content (AvgIpc) is 3.95. The Morgan fingerprint density at radius 3 is 1.82 bits per heavy atom. The molecule has 0 aliphatic rings. The van der Waals surface area contributed by atoms with E-state index < -0.39 is 0 Å². The van der Waals surface area contributed by atoms with Crippen LogP contribution in [0.1, 0.15) is 0 Å². The minimum absolute atomic E-state index is 0.657. The van der Waals surface area contributed by atoms with Gasteiger partial charge in [-0.05, 0) is 65.7 Å². The fraction of sp³-hybridized carbons (Fsp3) is 0. The fourth-order valence-corrected chi connectivity index (χ4v) is 10.7. The molecule has 0 N–H and O–H groups in total. The summed E-state index contributed by atoms with van der Waals surface area (Å²) in [6, 6.07) is 65.0. The lowest BCUT2D eigenvalue weighted by molar-refractivity contribution is 1.08. The summed E-state index contributed by atoms with van der Waals surface area (Å²) in [5.41, 5.74) is 8.83. The van der Waals surface area contributed by atoms with Gasteiger partial charge >= 0.3 is 0 Å². The third kappa shape index (κ3) is 5.22. The molecule has 266 valence electrons. The summed E-state index contributed by atoms with van der Waals surface area (Å²) >= 11 is 3.61. The molecule has 0 aliphatic heterocycles. The van der Waals surface area contributed by atoms with Crippen LogP contribution in [0.4, 0.5) is 0 Å². The van der Waals surface area contributed by atoms with Crippen LogP contribution in [0, 0.1) is 0 Å². The van der Waals surface area contributed by atoms with Crippen molar-refractivity contribution in [2.45, 2.75) is 0 Å². The molecule has 0 saturated carbocycles. The second-order valence-corrected chi connectivity index (χ2v) is 16.6. The third-order valence-corrected chi connectivity index (χ3v) is 13.3. The minimum atomic E-state index is 0.657. The lowest BCUT2D eigenvalue weighted by atomic mass is 10.0. The Kier molecular flexibility index (Phi) is 7.24. The predicted molar refractivity (Wildman–Crippen MR) is 242 cm³/mol. The van der Waals surface area contributed by atoms with Crippen LogP contribution in [0.25, 0.3) is 113 Å². The van der Waals surface area contributed by atoms with E-state index in [1.165, 1.54) is 67.9 Å². The van der Waals surface area contributed by atoms with Crippen LogP contribution < -0.4 is 0 Å². The van der Waals surface area contributed by atoms with Gasteiger partial charge in [-0.15, -0.1) is 22.7 Å². The Balaban J connectivity index is 1.06. The van der Waals surface area contributed by atoms with E-state index in [9.17, 15) is 0 Å². The van der Waals surface area contributed by atoms with E-state index >= 15 is 0 Å². The molecule has 0 amide bonds. The van der Waals surface area contributed by atoms with Crippen LogP contribution in [0.3, 0.4) is 0 Å². The van der Waals surface area contributed by atoms with Gasteiger partial charge in [0, 0.05) is 73.5 Å². The highest BCUT2D eigenvalue weighted by Crippen LogP contribution is 2.43. The second-order valence-electron chi connectivity index (χ2n) is 14.4. The fourth-order valence-electron chi connectivity index (χ4n) is 8.41. The summed E-state index contributed by atoms with van der Waals surface area (Å²) in [5.74, 6) is 1.98. The van der Waals surface area contributed by atoms with Crippen molar-refractivity contribution in [1.29, 1.82) is 0 Å². The van der Waals surface area contributed by atoms with Gasteiger partial charge in [0.1, 0.15) is 0 Å². The molecule has 8 aromatic carbocycles. The van der Waals surface area contributed by atoms with Crippen molar-refractivity contribution in [3.8, 4) is 51.0 Å². The molecule has 0 unspecified atom stereocenters. The van der Waals surface area contributed by atoms with Crippen molar-refractivity contribution in [3.63, 3.8) is 0 Å². The SMILES string of the molecule is c1ccc(-c2ccc3c(c2)c2ccccc2n3-c2ccc3sc4cccc(-c5nc(-c6ccccc6)nc(-c6ccc7c(c6)sc6ccccc67)n5)c4c3c2)cc1. The highest BCUT2D eigenvalue weighted by Gasteiger charge is 2.19. The van der Waals surface area contributed by atoms with Crippen LogP contribution in [0.2, 0.25) is 0 Å². The third-order valence-electron chi connectivity index (χ3n) is 11.1. The molecule has 12 rings (SSSR count). The molecule has 0 spiro atoms. The molecule has 57 heavy (non-hydrogen) atoms. The summed E-state index contributed by atoms with van der Waals surface area (Å²) in [6.45, 7) is 0. The number of benzene rings is 8. The standard InChI is InChI=1S/C51H30N4S2/c1-3-12-31(13-4-1)33-23-26-43-40(28-33)36-16-7-9-19-42(36)55(43)35-24-27-45-41(30-35)48-39(18-11-21-46(48)56-45)51-53-49(32-14-5-2-6-15-32)52-50(54-51)34-22-25-38-37-17-8-10-20-44(37)57-47(38)29-34/h1-30H. The van der Waals surface area contributed by atoms with Crippen molar-refractivity contribution < 1.29 is 0 Å². The molecule has 4 nitrogen and oxygen atoms in total. The number of hydrogen-bond donors (Lipinski definition) is 0. The Morgan fingerprint density at radius 1 is 0.333 bits per heavy atom. The van der Waals surface area contributed by atoms with Gasteiger partial charge in [0.25, 0.3) is 0 Å². The Labute approximate surface area is 335 Å². The van der Waals surface area contributed by atoms with Gasteiger partial charge in [-0.3, -0.25) is 0 Å². The topological polar surface area (TPSA) is 43.6 Å². The van der Waals surface area contributed by atoms with Crippen molar-refractivity contribution in [1.82, 2.24) is 19.5 Å². The van der Waals surface area contributed by atoms with E-state index in [0.717, 1.165) is 27.8 Å². The molecule has 4 aromatic heterocycles. The van der Waals surface area contributed by atoms with Crippen LogP contribution in [-0.4, -0.2) is 19.5 Å². The largest absolute Gasteiger partial charge is 0.309 e. The summed E-state index contributed by atoms with van der Waals surface area (Å²) in [4.78, 5) is 15.6. The van der Waals surface area contributed by atoms with E-state index in [1.54, 1.807) is 11.3 Å². The maximum Gasteiger partial charge on any atom is 0.164 e. The quantitative estimate of drug-likeness (QED) is 0.175. The molecular weight excluding hydrogens is 733 g/mol. The molecule has 0 aliphatic carbocycles. The van der Waals surface area contributed by atoms with Gasteiger partial charge < -0.3 is 4.57 Å².